The van der Waals surface area contributed by atoms with Gasteiger partial charge < -0.3 is 5.32 Å². The SMILES string of the molecule is C=CCC1C=NNC(=O)N1. The second-order valence-electron chi connectivity index (χ2n) is 1.99. The van der Waals surface area contributed by atoms with Gasteiger partial charge in [-0.25, -0.2) is 10.2 Å². The fraction of sp³-hybridized carbons (Fsp3) is 0.333. The van der Waals surface area contributed by atoms with Crippen molar-refractivity contribution in [1.29, 1.82) is 0 Å². The van der Waals surface area contributed by atoms with Gasteiger partial charge >= 0.3 is 6.03 Å². The molecule has 2 N–H and O–H groups in total. The predicted octanol–water partition coefficient (Wildman–Crippen LogP) is 0.230. The minimum atomic E-state index is -0.255. The van der Waals surface area contributed by atoms with Crippen LogP contribution in [0.1, 0.15) is 6.42 Å². The molecule has 4 heteroatoms. The molecule has 0 aromatic heterocycles. The largest absolute Gasteiger partial charge is 0.335 e. The molecule has 0 saturated heterocycles. The number of amides is 2. The van der Waals surface area contributed by atoms with E-state index in [1.807, 2.05) is 0 Å². The lowest BCUT2D eigenvalue weighted by Crippen LogP contribution is -2.45. The van der Waals surface area contributed by atoms with Crippen LogP contribution in [0.4, 0.5) is 4.79 Å². The molecule has 0 aliphatic carbocycles. The summed E-state index contributed by atoms with van der Waals surface area (Å²) in [5.41, 5.74) is 2.26. The molecule has 0 bridgehead atoms. The highest BCUT2D eigenvalue weighted by Gasteiger charge is 2.10. The van der Waals surface area contributed by atoms with E-state index in [0.29, 0.717) is 0 Å². The van der Waals surface area contributed by atoms with Crippen molar-refractivity contribution in [3.05, 3.63) is 12.7 Å². The fourth-order valence-electron chi connectivity index (χ4n) is 0.723. The Kier molecular flexibility index (Phi) is 2.04. The number of rotatable bonds is 2. The lowest BCUT2D eigenvalue weighted by atomic mass is 10.2. The molecule has 54 valence electrons. The molecule has 0 radical (unpaired) electrons. The van der Waals surface area contributed by atoms with Crippen LogP contribution in [0.5, 0.6) is 0 Å². The summed E-state index contributed by atoms with van der Waals surface area (Å²) >= 11 is 0. The van der Waals surface area contributed by atoms with Crippen LogP contribution in [0, 0.1) is 0 Å². The van der Waals surface area contributed by atoms with Gasteiger partial charge in [0.15, 0.2) is 0 Å². The highest BCUT2D eigenvalue weighted by Crippen LogP contribution is 1.91. The number of hydrogen-bond donors (Lipinski definition) is 2. The first-order valence-electron chi connectivity index (χ1n) is 3.03. The lowest BCUT2D eigenvalue weighted by molar-refractivity contribution is 0.238. The minimum absolute atomic E-state index is 0.00579. The second-order valence-corrected chi connectivity index (χ2v) is 1.99. The Morgan fingerprint density at radius 1 is 1.90 bits per heavy atom. The first-order valence-corrected chi connectivity index (χ1v) is 3.03. The summed E-state index contributed by atoms with van der Waals surface area (Å²) in [5, 5.41) is 6.27. The Labute approximate surface area is 59.0 Å². The predicted molar refractivity (Wildman–Crippen MR) is 38.8 cm³/mol. The van der Waals surface area contributed by atoms with E-state index in [4.69, 9.17) is 0 Å². The minimum Gasteiger partial charge on any atom is -0.329 e. The third kappa shape index (κ3) is 1.58. The van der Waals surface area contributed by atoms with Crippen LogP contribution in [0.3, 0.4) is 0 Å². The molecular formula is C6H9N3O. The van der Waals surface area contributed by atoms with Crippen LogP contribution in [-0.4, -0.2) is 18.3 Å². The highest BCUT2D eigenvalue weighted by molar-refractivity contribution is 5.83. The zero-order valence-electron chi connectivity index (χ0n) is 5.50. The number of carbonyl (C=O) groups excluding carboxylic acids is 1. The van der Waals surface area contributed by atoms with Crippen LogP contribution in [-0.2, 0) is 0 Å². The summed E-state index contributed by atoms with van der Waals surface area (Å²) in [6.45, 7) is 3.55. The molecule has 1 aliphatic heterocycles. The molecule has 1 aliphatic rings. The van der Waals surface area contributed by atoms with Gasteiger partial charge in [-0.2, -0.15) is 5.10 Å². The van der Waals surface area contributed by atoms with Crippen molar-refractivity contribution in [2.24, 2.45) is 5.10 Å². The fourth-order valence-corrected chi connectivity index (χ4v) is 0.723. The van der Waals surface area contributed by atoms with E-state index in [1.54, 1.807) is 12.3 Å². The topological polar surface area (TPSA) is 53.5 Å². The summed E-state index contributed by atoms with van der Waals surface area (Å²) < 4.78 is 0. The van der Waals surface area contributed by atoms with Gasteiger partial charge in [0.1, 0.15) is 0 Å². The van der Waals surface area contributed by atoms with E-state index in [0.717, 1.165) is 6.42 Å². The van der Waals surface area contributed by atoms with Crippen molar-refractivity contribution in [2.75, 3.05) is 0 Å². The van der Waals surface area contributed by atoms with E-state index in [9.17, 15) is 4.79 Å². The van der Waals surface area contributed by atoms with Gasteiger partial charge in [0.2, 0.25) is 0 Å². The smallest absolute Gasteiger partial charge is 0.329 e. The molecule has 2 amide bonds. The molecule has 0 fully saturated rings. The van der Waals surface area contributed by atoms with Gasteiger partial charge in [-0.3, -0.25) is 0 Å². The van der Waals surface area contributed by atoms with Crippen LogP contribution in [0.2, 0.25) is 0 Å². The van der Waals surface area contributed by atoms with Crippen LogP contribution in [0.25, 0.3) is 0 Å². The zero-order valence-corrected chi connectivity index (χ0v) is 5.50. The lowest BCUT2D eigenvalue weighted by Gasteiger charge is -2.15. The van der Waals surface area contributed by atoms with E-state index in [-0.39, 0.29) is 12.1 Å². The second kappa shape index (κ2) is 3.00. The maximum Gasteiger partial charge on any atom is 0.335 e. The van der Waals surface area contributed by atoms with Crippen LogP contribution < -0.4 is 10.7 Å². The molecule has 1 rings (SSSR count). The van der Waals surface area contributed by atoms with Gasteiger partial charge in [0, 0.05) is 6.21 Å². The molecule has 10 heavy (non-hydrogen) atoms. The molecule has 0 aromatic carbocycles. The average molecular weight is 139 g/mol. The van der Waals surface area contributed by atoms with E-state index >= 15 is 0 Å². The third-order valence-corrected chi connectivity index (χ3v) is 1.16. The summed E-state index contributed by atoms with van der Waals surface area (Å²) in [4.78, 5) is 10.6. The van der Waals surface area contributed by atoms with Gasteiger partial charge in [0.05, 0.1) is 6.04 Å². The van der Waals surface area contributed by atoms with Crippen molar-refractivity contribution in [3.63, 3.8) is 0 Å². The average Bonchev–Trinajstić information content (AvgIpc) is 1.88. The zero-order chi connectivity index (χ0) is 7.40. The quantitative estimate of drug-likeness (QED) is 0.528. The molecule has 1 unspecified atom stereocenters. The Morgan fingerprint density at radius 2 is 2.70 bits per heavy atom. The normalized spacial score (nSPS) is 23.2. The van der Waals surface area contributed by atoms with Crippen molar-refractivity contribution >= 4 is 12.2 Å². The number of carbonyl (C=O) groups is 1. The van der Waals surface area contributed by atoms with Crippen molar-refractivity contribution in [1.82, 2.24) is 10.7 Å². The van der Waals surface area contributed by atoms with Gasteiger partial charge in [0.25, 0.3) is 0 Å². The standard InChI is InChI=1S/C6H9N3O/c1-2-3-5-4-7-9-6(10)8-5/h2,4-5H,1,3H2,(H2,8,9,10). The number of hydrazone groups is 1. The van der Waals surface area contributed by atoms with E-state index < -0.39 is 0 Å². The molecule has 0 saturated carbocycles. The Bertz CT molecular complexity index is 176. The number of urea groups is 1. The highest BCUT2D eigenvalue weighted by atomic mass is 16.2. The molecule has 1 atom stereocenters. The van der Waals surface area contributed by atoms with E-state index in [1.165, 1.54) is 0 Å². The molecule has 1 heterocycles. The number of nitrogens with one attached hydrogen (secondary N) is 2. The number of nitrogens with zero attached hydrogens (tertiary/aromatic N) is 1. The monoisotopic (exact) mass is 139 g/mol. The Morgan fingerprint density at radius 3 is 3.30 bits per heavy atom. The number of hydrogen-bond acceptors (Lipinski definition) is 2. The maximum atomic E-state index is 10.6. The van der Waals surface area contributed by atoms with Gasteiger partial charge in [-0.1, -0.05) is 6.08 Å². The van der Waals surface area contributed by atoms with Crippen LogP contribution in [0.15, 0.2) is 17.8 Å². The van der Waals surface area contributed by atoms with Crippen LogP contribution >= 0.6 is 0 Å². The first-order chi connectivity index (χ1) is 4.83. The van der Waals surface area contributed by atoms with Crippen molar-refractivity contribution < 1.29 is 4.79 Å². The Hall–Kier alpha value is -1.32. The van der Waals surface area contributed by atoms with Crippen molar-refractivity contribution in [2.45, 2.75) is 12.5 Å². The summed E-state index contributed by atoms with van der Waals surface area (Å²) in [5.74, 6) is 0. The molecule has 0 aromatic rings. The Balaban J connectivity index is 2.46. The summed E-state index contributed by atoms with van der Waals surface area (Å²) in [6.07, 6.45) is 4.10. The summed E-state index contributed by atoms with van der Waals surface area (Å²) in [7, 11) is 0. The maximum absolute atomic E-state index is 10.6. The van der Waals surface area contributed by atoms with Gasteiger partial charge in [-0.15, -0.1) is 6.58 Å². The van der Waals surface area contributed by atoms with Gasteiger partial charge in [-0.05, 0) is 6.42 Å². The molecular weight excluding hydrogens is 130 g/mol. The first kappa shape index (κ1) is 6.80. The molecule has 0 spiro atoms. The molecule has 4 nitrogen and oxygen atoms in total. The third-order valence-electron chi connectivity index (χ3n) is 1.16. The van der Waals surface area contributed by atoms with E-state index in [2.05, 4.69) is 22.4 Å². The van der Waals surface area contributed by atoms with Crippen molar-refractivity contribution in [3.8, 4) is 0 Å². The summed E-state index contributed by atoms with van der Waals surface area (Å²) in [6, 6.07) is -0.249.